The van der Waals surface area contributed by atoms with Crippen LogP contribution in [0.1, 0.15) is 12.8 Å². The highest BCUT2D eigenvalue weighted by Gasteiger charge is 2.24. The Morgan fingerprint density at radius 2 is 2.12 bits per heavy atom. The van der Waals surface area contributed by atoms with Crippen molar-refractivity contribution in [2.75, 3.05) is 45.9 Å². The predicted molar refractivity (Wildman–Crippen MR) is 64.9 cm³/mol. The highest BCUT2D eigenvalue weighted by Crippen LogP contribution is 2.11. The molecule has 17 heavy (non-hydrogen) atoms. The molecule has 2 aliphatic heterocycles. The molecule has 0 spiro atoms. The first-order valence-electron chi connectivity index (χ1n) is 6.22. The molecule has 2 aliphatic rings. The van der Waals surface area contributed by atoms with Gasteiger partial charge >= 0.3 is 0 Å². The molecule has 1 unspecified atom stereocenters. The Hall–Kier alpha value is -0.210. The van der Waals surface area contributed by atoms with Crippen molar-refractivity contribution in [1.82, 2.24) is 14.3 Å². The van der Waals surface area contributed by atoms with Crippen molar-refractivity contribution in [3.05, 3.63) is 0 Å². The van der Waals surface area contributed by atoms with Gasteiger partial charge in [0.05, 0.1) is 13.2 Å². The SMILES string of the molecule is O=S(=O)(NCCC1CCNC1)N1CCOCC1. The van der Waals surface area contributed by atoms with Crippen LogP contribution in [-0.4, -0.2) is 58.7 Å². The Labute approximate surface area is 103 Å². The van der Waals surface area contributed by atoms with E-state index >= 15 is 0 Å². The van der Waals surface area contributed by atoms with Gasteiger partial charge in [0, 0.05) is 19.6 Å². The van der Waals surface area contributed by atoms with E-state index in [1.165, 1.54) is 4.31 Å². The summed E-state index contributed by atoms with van der Waals surface area (Å²) in [7, 11) is -3.29. The van der Waals surface area contributed by atoms with Crippen LogP contribution in [-0.2, 0) is 14.9 Å². The van der Waals surface area contributed by atoms with Gasteiger partial charge in [0.1, 0.15) is 0 Å². The maximum absolute atomic E-state index is 11.9. The molecular weight excluding hydrogens is 242 g/mol. The molecule has 2 heterocycles. The number of hydrogen-bond acceptors (Lipinski definition) is 4. The van der Waals surface area contributed by atoms with Crippen molar-refractivity contribution in [2.45, 2.75) is 12.8 Å². The van der Waals surface area contributed by atoms with Gasteiger partial charge in [-0.25, -0.2) is 4.72 Å². The predicted octanol–water partition coefficient (Wildman–Crippen LogP) is -0.847. The Bertz CT molecular complexity index is 322. The van der Waals surface area contributed by atoms with E-state index in [2.05, 4.69) is 10.0 Å². The topological polar surface area (TPSA) is 70.7 Å². The van der Waals surface area contributed by atoms with Crippen molar-refractivity contribution in [3.8, 4) is 0 Å². The molecule has 0 aliphatic carbocycles. The van der Waals surface area contributed by atoms with Crippen molar-refractivity contribution in [2.24, 2.45) is 5.92 Å². The largest absolute Gasteiger partial charge is 0.379 e. The fourth-order valence-corrected chi connectivity index (χ4v) is 3.42. The summed E-state index contributed by atoms with van der Waals surface area (Å²) < 4.78 is 33.1. The van der Waals surface area contributed by atoms with Crippen LogP contribution in [0.25, 0.3) is 0 Å². The Morgan fingerprint density at radius 3 is 2.76 bits per heavy atom. The summed E-state index contributed by atoms with van der Waals surface area (Å²) in [4.78, 5) is 0. The summed E-state index contributed by atoms with van der Waals surface area (Å²) in [6.07, 6.45) is 2.07. The van der Waals surface area contributed by atoms with Crippen LogP contribution in [0.3, 0.4) is 0 Å². The molecule has 0 radical (unpaired) electrons. The summed E-state index contributed by atoms with van der Waals surface area (Å²) in [5.74, 6) is 0.613. The molecule has 100 valence electrons. The van der Waals surface area contributed by atoms with Crippen LogP contribution < -0.4 is 10.0 Å². The minimum absolute atomic E-state index is 0.459. The molecule has 0 saturated carbocycles. The van der Waals surface area contributed by atoms with E-state index in [0.29, 0.717) is 38.8 Å². The normalized spacial score (nSPS) is 27.4. The minimum Gasteiger partial charge on any atom is -0.379 e. The fourth-order valence-electron chi connectivity index (χ4n) is 2.23. The van der Waals surface area contributed by atoms with Gasteiger partial charge in [-0.3, -0.25) is 0 Å². The summed E-state index contributed by atoms with van der Waals surface area (Å²) in [5, 5.41) is 3.28. The van der Waals surface area contributed by atoms with Crippen molar-refractivity contribution in [1.29, 1.82) is 0 Å². The number of rotatable bonds is 5. The van der Waals surface area contributed by atoms with Crippen molar-refractivity contribution < 1.29 is 13.2 Å². The zero-order valence-corrected chi connectivity index (χ0v) is 10.8. The number of morpholine rings is 1. The van der Waals surface area contributed by atoms with Gasteiger partial charge in [-0.05, 0) is 31.8 Å². The summed E-state index contributed by atoms with van der Waals surface area (Å²) >= 11 is 0. The first-order chi connectivity index (χ1) is 8.18. The fraction of sp³-hybridized carbons (Fsp3) is 1.00. The molecule has 2 saturated heterocycles. The maximum atomic E-state index is 11.9. The summed E-state index contributed by atoms with van der Waals surface area (Å²) in [5.41, 5.74) is 0. The van der Waals surface area contributed by atoms with Crippen molar-refractivity contribution in [3.63, 3.8) is 0 Å². The first-order valence-corrected chi connectivity index (χ1v) is 7.66. The van der Waals surface area contributed by atoms with Crippen molar-refractivity contribution >= 4 is 10.2 Å². The molecule has 2 N–H and O–H groups in total. The molecule has 0 aromatic rings. The lowest BCUT2D eigenvalue weighted by Gasteiger charge is -2.26. The van der Waals surface area contributed by atoms with E-state index < -0.39 is 10.2 Å². The number of nitrogens with zero attached hydrogens (tertiary/aromatic N) is 1. The molecule has 2 rings (SSSR count). The molecule has 0 aromatic heterocycles. The van der Waals surface area contributed by atoms with Gasteiger partial charge in [-0.2, -0.15) is 12.7 Å². The van der Waals surface area contributed by atoms with Gasteiger partial charge in [0.25, 0.3) is 10.2 Å². The number of hydrogen-bond donors (Lipinski definition) is 2. The molecule has 0 aromatic carbocycles. The van der Waals surface area contributed by atoms with Crippen LogP contribution in [0, 0.1) is 5.92 Å². The van der Waals surface area contributed by atoms with Gasteiger partial charge in [0.15, 0.2) is 0 Å². The van der Waals surface area contributed by atoms with Gasteiger partial charge in [-0.1, -0.05) is 0 Å². The third-order valence-corrected chi connectivity index (χ3v) is 4.92. The van der Waals surface area contributed by atoms with Gasteiger partial charge < -0.3 is 10.1 Å². The Balaban J connectivity index is 1.72. The molecule has 2 fully saturated rings. The Kier molecular flexibility index (Phi) is 4.75. The van der Waals surface area contributed by atoms with Gasteiger partial charge in [0.2, 0.25) is 0 Å². The molecular formula is C10H21N3O3S. The lowest BCUT2D eigenvalue weighted by Crippen LogP contribution is -2.47. The number of nitrogens with one attached hydrogen (secondary N) is 2. The van der Waals surface area contributed by atoms with Crippen LogP contribution in [0.15, 0.2) is 0 Å². The average molecular weight is 263 g/mol. The summed E-state index contributed by atoms with van der Waals surface area (Å²) in [6, 6.07) is 0. The van der Waals surface area contributed by atoms with E-state index in [-0.39, 0.29) is 0 Å². The van der Waals surface area contributed by atoms with Crippen LogP contribution in [0.2, 0.25) is 0 Å². The van der Waals surface area contributed by atoms with Crippen LogP contribution >= 0.6 is 0 Å². The average Bonchev–Trinajstić information content (AvgIpc) is 2.83. The highest BCUT2D eigenvalue weighted by molar-refractivity contribution is 7.87. The molecule has 1 atom stereocenters. The maximum Gasteiger partial charge on any atom is 0.279 e. The first kappa shape index (κ1) is 13.2. The lowest BCUT2D eigenvalue weighted by atomic mass is 10.1. The summed E-state index contributed by atoms with van der Waals surface area (Å²) in [6.45, 7) is 4.51. The smallest absolute Gasteiger partial charge is 0.279 e. The zero-order valence-electron chi connectivity index (χ0n) is 10.0. The van der Waals surface area contributed by atoms with Crippen LogP contribution in [0.4, 0.5) is 0 Å². The van der Waals surface area contributed by atoms with Crippen LogP contribution in [0.5, 0.6) is 0 Å². The third-order valence-electron chi connectivity index (χ3n) is 3.31. The molecule has 0 amide bonds. The Morgan fingerprint density at radius 1 is 1.35 bits per heavy atom. The second-order valence-corrected chi connectivity index (χ2v) is 6.31. The van der Waals surface area contributed by atoms with E-state index in [4.69, 9.17) is 4.74 Å². The third kappa shape index (κ3) is 3.89. The van der Waals surface area contributed by atoms with E-state index in [9.17, 15) is 8.42 Å². The molecule has 6 nitrogen and oxygen atoms in total. The molecule has 0 bridgehead atoms. The minimum atomic E-state index is -3.29. The zero-order chi connectivity index (χ0) is 12.1. The second kappa shape index (κ2) is 6.10. The highest BCUT2D eigenvalue weighted by atomic mass is 32.2. The quantitative estimate of drug-likeness (QED) is 0.678. The lowest BCUT2D eigenvalue weighted by molar-refractivity contribution is 0.0725. The second-order valence-electron chi connectivity index (χ2n) is 4.56. The van der Waals surface area contributed by atoms with E-state index in [1.807, 2.05) is 0 Å². The standard InChI is InChI=1S/C10H21N3O3S/c14-17(15,13-5-7-16-8-6-13)12-4-2-10-1-3-11-9-10/h10-12H,1-9H2. The molecule has 7 heteroatoms. The van der Waals surface area contributed by atoms with Gasteiger partial charge in [-0.15, -0.1) is 0 Å². The van der Waals surface area contributed by atoms with E-state index in [1.54, 1.807) is 0 Å². The monoisotopic (exact) mass is 263 g/mol. The van der Waals surface area contributed by atoms with E-state index in [0.717, 1.165) is 25.9 Å². The number of ether oxygens (including phenoxy) is 1.